The van der Waals surface area contributed by atoms with Gasteiger partial charge >= 0.3 is 0 Å². The van der Waals surface area contributed by atoms with Crippen molar-refractivity contribution in [2.45, 2.75) is 31.0 Å². The quantitative estimate of drug-likeness (QED) is 0.526. The van der Waals surface area contributed by atoms with Gasteiger partial charge in [-0.3, -0.25) is 4.79 Å². The summed E-state index contributed by atoms with van der Waals surface area (Å²) in [4.78, 5) is 22.0. The minimum Gasteiger partial charge on any atom is -0.394 e. The lowest BCUT2D eigenvalue weighted by Gasteiger charge is -2.27. The third-order valence-corrected chi connectivity index (χ3v) is 4.47. The maximum atomic E-state index is 11.9. The maximum absolute atomic E-state index is 11.9. The predicted octanol–water partition coefficient (Wildman–Crippen LogP) is -1.40. The molecule has 5 N–H and O–H groups in total. The molecule has 0 saturated carbocycles. The second kappa shape index (κ2) is 5.92. The van der Waals surface area contributed by atoms with E-state index in [0.29, 0.717) is 16.9 Å². The molecule has 0 aliphatic carbocycles. The van der Waals surface area contributed by atoms with Crippen molar-refractivity contribution in [2.75, 3.05) is 25.6 Å². The number of aromatic nitrogens is 3. The van der Waals surface area contributed by atoms with E-state index in [2.05, 4.69) is 9.97 Å². The molecule has 0 aromatic carbocycles. The Morgan fingerprint density at radius 3 is 2.68 bits per heavy atom. The lowest BCUT2D eigenvalue weighted by atomic mass is 9.96. The highest BCUT2D eigenvalue weighted by Crippen LogP contribution is 2.41. The Balaban J connectivity index is 2.25. The smallest absolute Gasteiger partial charge is 0.251 e. The van der Waals surface area contributed by atoms with Gasteiger partial charge in [-0.05, 0) is 6.92 Å². The number of nitrogens with zero attached hydrogens (tertiary/aromatic N) is 4. The summed E-state index contributed by atoms with van der Waals surface area (Å²) >= 11 is 0. The first kappa shape index (κ1) is 17.5. The molecule has 3 rings (SSSR count). The molecule has 1 aliphatic rings. The number of aliphatic hydroxyl groups excluding tert-OH is 2. The lowest BCUT2D eigenvalue weighted by molar-refractivity contribution is -0.0948. The van der Waals surface area contributed by atoms with E-state index in [1.54, 1.807) is 19.0 Å². The number of aliphatic hydroxyl groups is 3. The Morgan fingerprint density at radius 2 is 2.16 bits per heavy atom. The molecule has 2 aromatic heterocycles. The summed E-state index contributed by atoms with van der Waals surface area (Å²) in [7, 11) is 3.52. The van der Waals surface area contributed by atoms with E-state index in [-0.39, 0.29) is 5.56 Å². The molecule has 1 aliphatic heterocycles. The Morgan fingerprint density at radius 1 is 1.48 bits per heavy atom. The minimum absolute atomic E-state index is 0.167. The number of carbonyl (C=O) groups is 1. The molecular weight excluding hydrogens is 330 g/mol. The number of amides is 1. The SMILES string of the molecule is CN(C)c1ncnc2c1c(C(N)=O)cn2[C@@H]1O[C@H](CO)[C@@H](O)[C@@]1(C)O. The van der Waals surface area contributed by atoms with Crippen LogP contribution in [0.5, 0.6) is 0 Å². The van der Waals surface area contributed by atoms with Crippen LogP contribution in [0.25, 0.3) is 11.0 Å². The molecule has 3 heterocycles. The number of anilines is 1. The molecule has 10 heteroatoms. The van der Waals surface area contributed by atoms with Gasteiger partial charge in [-0.15, -0.1) is 0 Å². The number of hydrogen-bond donors (Lipinski definition) is 4. The monoisotopic (exact) mass is 351 g/mol. The van der Waals surface area contributed by atoms with Gasteiger partial charge in [0.2, 0.25) is 0 Å². The standard InChI is InChI=1S/C15H21N5O5/c1-15(24)10(22)8(5-21)25-14(15)20-4-7(11(16)23)9-12(19(2)3)17-6-18-13(9)20/h4,6,8,10,14,21-22,24H,5H2,1-3H3,(H2,16,23)/t8-,10-,14-,15-/m1/s1. The lowest BCUT2D eigenvalue weighted by Crippen LogP contribution is -2.44. The van der Waals surface area contributed by atoms with Gasteiger partial charge in [-0.2, -0.15) is 0 Å². The first-order chi connectivity index (χ1) is 11.7. The van der Waals surface area contributed by atoms with Crippen molar-refractivity contribution < 1.29 is 24.9 Å². The molecule has 1 fully saturated rings. The van der Waals surface area contributed by atoms with Crippen LogP contribution in [0, 0.1) is 0 Å². The molecule has 0 radical (unpaired) electrons. The number of primary amides is 1. The topological polar surface area (TPSA) is 147 Å². The highest BCUT2D eigenvalue weighted by Gasteiger charge is 2.53. The van der Waals surface area contributed by atoms with Crippen LogP contribution in [0.2, 0.25) is 0 Å². The third-order valence-electron chi connectivity index (χ3n) is 4.47. The Kier molecular flexibility index (Phi) is 4.15. The molecule has 1 amide bonds. The molecule has 4 atom stereocenters. The fourth-order valence-corrected chi connectivity index (χ4v) is 3.16. The minimum atomic E-state index is -1.71. The molecule has 25 heavy (non-hydrogen) atoms. The fourth-order valence-electron chi connectivity index (χ4n) is 3.16. The number of ether oxygens (including phenoxy) is 1. The highest BCUT2D eigenvalue weighted by molar-refractivity contribution is 6.09. The van der Waals surface area contributed by atoms with Crippen molar-refractivity contribution >= 4 is 22.8 Å². The van der Waals surface area contributed by atoms with E-state index >= 15 is 0 Å². The summed E-state index contributed by atoms with van der Waals surface area (Å²) in [6.45, 7) is 0.926. The van der Waals surface area contributed by atoms with E-state index in [4.69, 9.17) is 10.5 Å². The van der Waals surface area contributed by atoms with Crippen molar-refractivity contribution in [3.63, 3.8) is 0 Å². The van der Waals surface area contributed by atoms with Gasteiger partial charge in [-0.25, -0.2) is 9.97 Å². The number of hydrogen-bond acceptors (Lipinski definition) is 8. The van der Waals surface area contributed by atoms with E-state index < -0.39 is 36.6 Å². The van der Waals surface area contributed by atoms with Crippen molar-refractivity contribution in [1.29, 1.82) is 0 Å². The normalized spacial score (nSPS) is 29.3. The Bertz CT molecular complexity index is 818. The van der Waals surface area contributed by atoms with Crippen molar-refractivity contribution in [2.24, 2.45) is 5.73 Å². The summed E-state index contributed by atoms with van der Waals surface area (Å²) in [6.07, 6.45) is -0.611. The Hall–Kier alpha value is -2.27. The van der Waals surface area contributed by atoms with Gasteiger partial charge in [0.15, 0.2) is 6.23 Å². The summed E-state index contributed by atoms with van der Waals surface area (Å²) in [5, 5.41) is 30.6. The molecule has 136 valence electrons. The largest absolute Gasteiger partial charge is 0.394 e. The van der Waals surface area contributed by atoms with Gasteiger partial charge in [0.1, 0.15) is 35.6 Å². The molecule has 1 saturated heterocycles. The van der Waals surface area contributed by atoms with Crippen LogP contribution >= 0.6 is 0 Å². The van der Waals surface area contributed by atoms with Crippen molar-refractivity contribution in [3.05, 3.63) is 18.1 Å². The number of fused-ring (bicyclic) bond motifs is 1. The van der Waals surface area contributed by atoms with Crippen LogP contribution in [-0.2, 0) is 4.74 Å². The van der Waals surface area contributed by atoms with Gasteiger partial charge in [0, 0.05) is 20.3 Å². The van der Waals surface area contributed by atoms with Gasteiger partial charge in [0.25, 0.3) is 5.91 Å². The number of rotatable bonds is 4. The fraction of sp³-hybridized carbons (Fsp3) is 0.533. The highest BCUT2D eigenvalue weighted by atomic mass is 16.6. The van der Waals surface area contributed by atoms with Gasteiger partial charge in [-0.1, -0.05) is 0 Å². The summed E-state index contributed by atoms with van der Waals surface area (Å²) in [6, 6.07) is 0. The van der Waals surface area contributed by atoms with E-state index in [0.717, 1.165) is 0 Å². The summed E-state index contributed by atoms with van der Waals surface area (Å²) in [5.74, 6) is -0.201. The zero-order valence-electron chi connectivity index (χ0n) is 14.1. The molecule has 0 spiro atoms. The average Bonchev–Trinajstić information content (AvgIpc) is 3.03. The van der Waals surface area contributed by atoms with E-state index in [1.165, 1.54) is 24.0 Å². The first-order valence-corrected chi connectivity index (χ1v) is 7.69. The van der Waals surface area contributed by atoms with E-state index in [9.17, 15) is 20.1 Å². The van der Waals surface area contributed by atoms with Crippen LogP contribution in [-0.4, -0.2) is 74.3 Å². The average molecular weight is 351 g/mol. The summed E-state index contributed by atoms with van der Waals surface area (Å²) in [5.41, 5.74) is 4.27. The molecule has 0 bridgehead atoms. The van der Waals surface area contributed by atoms with Crippen LogP contribution in [0.3, 0.4) is 0 Å². The number of nitrogens with two attached hydrogens (primary N) is 1. The van der Waals surface area contributed by atoms with E-state index in [1.807, 2.05) is 0 Å². The summed E-state index contributed by atoms with van der Waals surface area (Å²) < 4.78 is 7.05. The zero-order valence-corrected chi connectivity index (χ0v) is 14.1. The van der Waals surface area contributed by atoms with Crippen LogP contribution in [0.15, 0.2) is 12.5 Å². The van der Waals surface area contributed by atoms with Crippen molar-refractivity contribution in [1.82, 2.24) is 14.5 Å². The Labute approximate surface area is 143 Å². The second-order valence-corrected chi connectivity index (χ2v) is 6.48. The first-order valence-electron chi connectivity index (χ1n) is 7.69. The van der Waals surface area contributed by atoms with Crippen LogP contribution in [0.1, 0.15) is 23.5 Å². The number of carbonyl (C=O) groups excluding carboxylic acids is 1. The van der Waals surface area contributed by atoms with Gasteiger partial charge < -0.3 is 35.3 Å². The van der Waals surface area contributed by atoms with Crippen LogP contribution < -0.4 is 10.6 Å². The molecule has 0 unspecified atom stereocenters. The zero-order chi connectivity index (χ0) is 18.5. The third kappa shape index (κ3) is 2.54. The van der Waals surface area contributed by atoms with Gasteiger partial charge in [0.05, 0.1) is 17.6 Å². The van der Waals surface area contributed by atoms with Crippen LogP contribution in [0.4, 0.5) is 5.82 Å². The predicted molar refractivity (Wildman–Crippen MR) is 88.0 cm³/mol. The molecular formula is C15H21N5O5. The maximum Gasteiger partial charge on any atom is 0.251 e. The molecule has 10 nitrogen and oxygen atoms in total. The molecule has 2 aromatic rings. The second-order valence-electron chi connectivity index (χ2n) is 6.48. The van der Waals surface area contributed by atoms with Crippen molar-refractivity contribution in [3.8, 4) is 0 Å².